The molecule has 4 aromatic rings. The number of sulfone groups is 1. The van der Waals surface area contributed by atoms with E-state index in [4.69, 9.17) is 4.42 Å². The Labute approximate surface area is 148 Å². The Balaban J connectivity index is 1.89. The highest BCUT2D eigenvalue weighted by Crippen LogP contribution is 2.29. The van der Waals surface area contributed by atoms with Gasteiger partial charge >= 0.3 is 0 Å². The van der Waals surface area contributed by atoms with Gasteiger partial charge in [0, 0.05) is 5.39 Å². The molecule has 2 aromatic heterocycles. The maximum atomic E-state index is 13.1. The van der Waals surface area contributed by atoms with E-state index in [1.54, 1.807) is 12.1 Å². The molecule has 0 spiro atoms. The van der Waals surface area contributed by atoms with Gasteiger partial charge < -0.3 is 4.42 Å². The second-order valence-corrected chi connectivity index (χ2v) is 7.35. The lowest BCUT2D eigenvalue weighted by Gasteiger charge is -2.10. The molecule has 8 heteroatoms. The average molecular weight is 369 g/mol. The third kappa shape index (κ3) is 2.91. The van der Waals surface area contributed by atoms with Gasteiger partial charge in [-0.15, -0.1) is 0 Å². The molecule has 0 atom stereocenters. The van der Waals surface area contributed by atoms with E-state index >= 15 is 0 Å². The number of aromatic nitrogens is 2. The van der Waals surface area contributed by atoms with E-state index in [0.29, 0.717) is 16.6 Å². The number of halogens is 1. The molecule has 0 aliphatic heterocycles. The maximum absolute atomic E-state index is 13.1. The number of fused-ring (bicyclic) bond motifs is 1. The number of benzene rings is 2. The maximum Gasteiger partial charge on any atom is 0.300 e. The first-order valence-electron chi connectivity index (χ1n) is 7.61. The van der Waals surface area contributed by atoms with Gasteiger partial charge in [-0.05, 0) is 35.7 Å². The van der Waals surface area contributed by atoms with Gasteiger partial charge in [0.2, 0.25) is 9.84 Å². The summed E-state index contributed by atoms with van der Waals surface area (Å²) in [5, 5.41) is 4.12. The molecule has 0 saturated carbocycles. The van der Waals surface area contributed by atoms with Crippen LogP contribution in [0.2, 0.25) is 0 Å². The molecule has 0 bridgehead atoms. The Morgan fingerprint density at radius 2 is 1.81 bits per heavy atom. The molecule has 130 valence electrons. The highest BCUT2D eigenvalue weighted by molar-refractivity contribution is 7.91. The van der Waals surface area contributed by atoms with Crippen LogP contribution in [0.5, 0.6) is 0 Å². The molecule has 0 aliphatic carbocycles. The highest BCUT2D eigenvalue weighted by atomic mass is 32.2. The molecule has 0 saturated heterocycles. The number of nitrogens with one attached hydrogen (secondary N) is 1. The lowest BCUT2D eigenvalue weighted by molar-refractivity contribution is 0.576. The first-order chi connectivity index (χ1) is 12.5. The topological polar surface area (TPSA) is 85.1 Å². The fraction of sp³-hybridized carbons (Fsp3) is 0. The number of rotatable bonds is 4. The fourth-order valence-corrected chi connectivity index (χ4v) is 3.76. The molecule has 0 unspecified atom stereocenters. The van der Waals surface area contributed by atoms with Crippen molar-refractivity contribution in [2.24, 2.45) is 0 Å². The second kappa shape index (κ2) is 6.23. The van der Waals surface area contributed by atoms with Crippen molar-refractivity contribution in [1.82, 2.24) is 9.97 Å². The number of nitrogens with zero attached hydrogens (tertiary/aromatic N) is 2. The molecule has 4 rings (SSSR count). The fourth-order valence-electron chi connectivity index (χ4n) is 2.53. The minimum Gasteiger partial charge on any atom is -0.432 e. The third-order valence-corrected chi connectivity index (χ3v) is 5.43. The average Bonchev–Trinajstić information content (AvgIpc) is 3.15. The minimum atomic E-state index is -3.92. The van der Waals surface area contributed by atoms with Gasteiger partial charge in [-0.2, -0.15) is 0 Å². The largest absolute Gasteiger partial charge is 0.432 e. The van der Waals surface area contributed by atoms with E-state index < -0.39 is 15.7 Å². The van der Waals surface area contributed by atoms with Gasteiger partial charge in [0.25, 0.3) is 6.01 Å². The summed E-state index contributed by atoms with van der Waals surface area (Å²) in [7, 11) is -3.92. The van der Waals surface area contributed by atoms with Crippen LogP contribution in [0.4, 0.5) is 16.2 Å². The van der Waals surface area contributed by atoms with Crippen LogP contribution in [0.3, 0.4) is 0 Å². The molecular formula is C18H12FN3O3S. The molecule has 6 nitrogen and oxygen atoms in total. The van der Waals surface area contributed by atoms with Crippen LogP contribution in [0.1, 0.15) is 0 Å². The lowest BCUT2D eigenvalue weighted by Crippen LogP contribution is -2.07. The smallest absolute Gasteiger partial charge is 0.300 e. The second-order valence-electron chi connectivity index (χ2n) is 5.45. The van der Waals surface area contributed by atoms with Crippen LogP contribution in [-0.4, -0.2) is 18.4 Å². The molecule has 2 heterocycles. The van der Waals surface area contributed by atoms with E-state index in [1.807, 2.05) is 12.1 Å². The molecule has 0 aliphatic rings. The van der Waals surface area contributed by atoms with Crippen molar-refractivity contribution >= 4 is 32.4 Å². The molecule has 1 N–H and O–H groups in total. The summed E-state index contributed by atoms with van der Waals surface area (Å²) in [6.07, 6.45) is 2.85. The third-order valence-electron chi connectivity index (χ3n) is 3.77. The molecule has 0 amide bonds. The van der Waals surface area contributed by atoms with E-state index in [0.717, 1.165) is 12.1 Å². The SMILES string of the molecule is O=S(=O)(c1ccc(F)cc1)c1cc2ccccc2c(Nc2ncco2)n1. The monoisotopic (exact) mass is 369 g/mol. The zero-order valence-corrected chi connectivity index (χ0v) is 14.1. The summed E-state index contributed by atoms with van der Waals surface area (Å²) < 4.78 is 44.1. The van der Waals surface area contributed by atoms with Crippen LogP contribution in [0.15, 0.2) is 81.4 Å². The Morgan fingerprint density at radius 3 is 2.54 bits per heavy atom. The number of hydrogen-bond donors (Lipinski definition) is 1. The summed E-state index contributed by atoms with van der Waals surface area (Å²) in [6, 6.07) is 13.5. The number of oxazole rings is 1. The number of hydrogen-bond acceptors (Lipinski definition) is 6. The summed E-state index contributed by atoms with van der Waals surface area (Å²) in [5.74, 6) is -0.215. The van der Waals surface area contributed by atoms with Gasteiger partial charge in [0.15, 0.2) is 5.03 Å². The van der Waals surface area contributed by atoms with Gasteiger partial charge in [-0.25, -0.2) is 22.8 Å². The summed E-state index contributed by atoms with van der Waals surface area (Å²) in [5.41, 5.74) is 0. The zero-order chi connectivity index (χ0) is 18.1. The van der Waals surface area contributed by atoms with E-state index in [9.17, 15) is 12.8 Å². The van der Waals surface area contributed by atoms with Crippen molar-refractivity contribution in [3.8, 4) is 0 Å². The van der Waals surface area contributed by atoms with Crippen molar-refractivity contribution in [2.75, 3.05) is 5.32 Å². The Kier molecular flexibility index (Phi) is 3.89. The lowest BCUT2D eigenvalue weighted by atomic mass is 10.1. The Bertz CT molecular complexity index is 1170. The van der Waals surface area contributed by atoms with Crippen LogP contribution in [0.25, 0.3) is 10.8 Å². The molecule has 26 heavy (non-hydrogen) atoms. The van der Waals surface area contributed by atoms with Crippen LogP contribution in [-0.2, 0) is 9.84 Å². The Morgan fingerprint density at radius 1 is 1.04 bits per heavy atom. The van der Waals surface area contributed by atoms with Crippen molar-refractivity contribution < 1.29 is 17.2 Å². The molecular weight excluding hydrogens is 357 g/mol. The number of anilines is 2. The quantitative estimate of drug-likeness (QED) is 0.549. The first-order valence-corrected chi connectivity index (χ1v) is 9.09. The minimum absolute atomic E-state index is 0.0382. The van der Waals surface area contributed by atoms with Gasteiger partial charge in [0.05, 0.1) is 11.1 Å². The number of pyridine rings is 1. The predicted octanol–water partition coefficient (Wildman–Crippen LogP) is 3.94. The van der Waals surface area contributed by atoms with Crippen LogP contribution >= 0.6 is 0 Å². The van der Waals surface area contributed by atoms with Crippen LogP contribution < -0.4 is 5.32 Å². The molecule has 2 aromatic carbocycles. The van der Waals surface area contributed by atoms with E-state index in [1.165, 1.54) is 30.7 Å². The van der Waals surface area contributed by atoms with Crippen molar-refractivity contribution in [3.05, 3.63) is 72.9 Å². The summed E-state index contributed by atoms with van der Waals surface area (Å²) in [6.45, 7) is 0. The van der Waals surface area contributed by atoms with Crippen molar-refractivity contribution in [1.29, 1.82) is 0 Å². The van der Waals surface area contributed by atoms with Crippen molar-refractivity contribution in [3.63, 3.8) is 0 Å². The van der Waals surface area contributed by atoms with Gasteiger partial charge in [-0.1, -0.05) is 24.3 Å². The van der Waals surface area contributed by atoms with Crippen LogP contribution in [0, 0.1) is 5.82 Å². The van der Waals surface area contributed by atoms with E-state index in [2.05, 4.69) is 15.3 Å². The highest BCUT2D eigenvalue weighted by Gasteiger charge is 2.21. The van der Waals surface area contributed by atoms with Gasteiger partial charge in [-0.3, -0.25) is 5.32 Å². The first kappa shape index (κ1) is 16.2. The summed E-state index contributed by atoms with van der Waals surface area (Å²) in [4.78, 5) is 8.18. The molecule has 0 fully saturated rings. The predicted molar refractivity (Wildman–Crippen MR) is 93.4 cm³/mol. The summed E-state index contributed by atoms with van der Waals surface area (Å²) >= 11 is 0. The Hall–Kier alpha value is -3.26. The standard InChI is InChI=1S/C18H12FN3O3S/c19-13-5-7-14(8-6-13)26(23,24)16-11-12-3-1-2-4-15(12)17(21-16)22-18-20-9-10-25-18/h1-11H,(H,20,21,22). The molecule has 0 radical (unpaired) electrons. The van der Waals surface area contributed by atoms with Crippen molar-refractivity contribution in [2.45, 2.75) is 9.92 Å². The van der Waals surface area contributed by atoms with E-state index in [-0.39, 0.29) is 15.9 Å². The normalized spacial score (nSPS) is 11.6. The zero-order valence-electron chi connectivity index (χ0n) is 13.3. The van der Waals surface area contributed by atoms with Gasteiger partial charge in [0.1, 0.15) is 17.9 Å².